The molecule has 0 radical (unpaired) electrons. The van der Waals surface area contributed by atoms with Crippen molar-refractivity contribution >= 4 is 0 Å². The Bertz CT molecular complexity index is 788. The number of hydrogen-bond donors (Lipinski definition) is 2. The molecule has 2 N–H and O–H groups in total. The predicted octanol–water partition coefficient (Wildman–Crippen LogP) is 3.54. The molecule has 0 aliphatic carbocycles. The third kappa shape index (κ3) is 2.68. The van der Waals surface area contributed by atoms with Crippen molar-refractivity contribution in [2.75, 3.05) is 6.54 Å². The van der Waals surface area contributed by atoms with Gasteiger partial charge in [-0.25, -0.2) is 0 Å². The number of H-pyrrole nitrogens is 1. The molecule has 0 bridgehead atoms. The van der Waals surface area contributed by atoms with E-state index in [1.807, 2.05) is 0 Å². The zero-order chi connectivity index (χ0) is 15.6. The normalized spacial score (nSPS) is 15.2. The van der Waals surface area contributed by atoms with Crippen LogP contribution in [0.3, 0.4) is 0 Å². The minimum Gasteiger partial charge on any atom is -0.312 e. The van der Waals surface area contributed by atoms with E-state index in [0.29, 0.717) is 0 Å². The Kier molecular flexibility index (Phi) is 3.72. The summed E-state index contributed by atoms with van der Waals surface area (Å²) in [6.45, 7) is 4.05. The maximum absolute atomic E-state index is 4.71. The van der Waals surface area contributed by atoms with Gasteiger partial charge < -0.3 is 5.32 Å². The quantitative estimate of drug-likeness (QED) is 0.777. The third-order valence-electron chi connectivity index (χ3n) is 4.66. The number of aryl methyl sites for hydroxylation is 1. The van der Waals surface area contributed by atoms with Crippen molar-refractivity contribution in [2.24, 2.45) is 0 Å². The number of nitrogens with one attached hydrogen (secondary N) is 2. The molecule has 2 heterocycles. The Labute approximate surface area is 136 Å². The van der Waals surface area contributed by atoms with Crippen molar-refractivity contribution < 1.29 is 0 Å². The average molecular weight is 303 g/mol. The van der Waals surface area contributed by atoms with E-state index in [1.165, 1.54) is 27.9 Å². The molecule has 0 fully saturated rings. The number of fused-ring (bicyclic) bond motifs is 1. The molecule has 3 heteroatoms. The van der Waals surface area contributed by atoms with E-state index in [0.717, 1.165) is 25.2 Å². The van der Waals surface area contributed by atoms with Gasteiger partial charge in [0.1, 0.15) is 0 Å². The number of aromatic nitrogens is 2. The van der Waals surface area contributed by atoms with Crippen LogP contribution in [-0.4, -0.2) is 16.7 Å². The van der Waals surface area contributed by atoms with Crippen LogP contribution in [0.4, 0.5) is 0 Å². The van der Waals surface area contributed by atoms with Gasteiger partial charge in [-0.3, -0.25) is 5.10 Å². The summed E-state index contributed by atoms with van der Waals surface area (Å²) in [7, 11) is 0. The molecule has 1 aliphatic heterocycles. The van der Waals surface area contributed by atoms with E-state index in [-0.39, 0.29) is 5.92 Å². The molecule has 1 aromatic heterocycles. The minimum absolute atomic E-state index is 0.177. The molecule has 116 valence electrons. The number of nitrogens with zero attached hydrogens (tertiary/aromatic N) is 1. The number of rotatable bonds is 3. The molecule has 1 aliphatic rings. The van der Waals surface area contributed by atoms with Crippen LogP contribution in [0.1, 0.15) is 39.6 Å². The van der Waals surface area contributed by atoms with Crippen LogP contribution >= 0.6 is 0 Å². The average Bonchev–Trinajstić information content (AvgIpc) is 3.02. The Morgan fingerprint density at radius 3 is 2.48 bits per heavy atom. The van der Waals surface area contributed by atoms with Crippen LogP contribution in [-0.2, 0) is 13.0 Å². The van der Waals surface area contributed by atoms with Gasteiger partial charge in [-0.15, -0.1) is 0 Å². The van der Waals surface area contributed by atoms with E-state index in [4.69, 9.17) is 5.10 Å². The van der Waals surface area contributed by atoms with E-state index >= 15 is 0 Å². The van der Waals surface area contributed by atoms with Crippen molar-refractivity contribution in [1.82, 2.24) is 15.5 Å². The van der Waals surface area contributed by atoms with Gasteiger partial charge in [-0.05, 0) is 18.1 Å². The minimum atomic E-state index is 0.177. The zero-order valence-electron chi connectivity index (χ0n) is 13.3. The molecule has 3 nitrogen and oxygen atoms in total. The standard InChI is InChI=1S/C20H21N3/c1-14-7-9-16(10-8-14)19(15-5-3-2-4-6-15)20-17-13-21-12-11-18(17)22-23-20/h2-10,19,21H,11-13H2,1H3,(H,22,23). The lowest BCUT2D eigenvalue weighted by molar-refractivity contribution is 0.633. The van der Waals surface area contributed by atoms with E-state index < -0.39 is 0 Å². The van der Waals surface area contributed by atoms with Crippen molar-refractivity contribution in [3.05, 3.63) is 88.2 Å². The lowest BCUT2D eigenvalue weighted by Crippen LogP contribution is -2.24. The first-order chi connectivity index (χ1) is 11.3. The van der Waals surface area contributed by atoms with Crippen molar-refractivity contribution in [3.8, 4) is 0 Å². The van der Waals surface area contributed by atoms with Gasteiger partial charge >= 0.3 is 0 Å². The molecule has 0 saturated heterocycles. The highest BCUT2D eigenvalue weighted by atomic mass is 15.1. The summed E-state index contributed by atoms with van der Waals surface area (Å²) in [5, 5.41) is 11.5. The number of benzene rings is 2. The smallest absolute Gasteiger partial charge is 0.0788 e. The largest absolute Gasteiger partial charge is 0.312 e. The Hall–Kier alpha value is -2.39. The second kappa shape index (κ2) is 6.01. The molecular formula is C20H21N3. The van der Waals surface area contributed by atoms with Crippen molar-refractivity contribution in [2.45, 2.75) is 25.8 Å². The van der Waals surface area contributed by atoms with Crippen LogP contribution in [0, 0.1) is 6.92 Å². The monoisotopic (exact) mass is 303 g/mol. The fourth-order valence-electron chi connectivity index (χ4n) is 3.40. The van der Waals surface area contributed by atoms with E-state index in [9.17, 15) is 0 Å². The fourth-order valence-corrected chi connectivity index (χ4v) is 3.40. The second-order valence-electron chi connectivity index (χ2n) is 6.25. The summed E-state index contributed by atoms with van der Waals surface area (Å²) in [6.07, 6.45) is 1.03. The Morgan fingerprint density at radius 2 is 1.70 bits per heavy atom. The second-order valence-corrected chi connectivity index (χ2v) is 6.25. The lowest BCUT2D eigenvalue weighted by atomic mass is 9.85. The van der Waals surface area contributed by atoms with Gasteiger partial charge in [-0.2, -0.15) is 5.10 Å². The van der Waals surface area contributed by atoms with Gasteiger partial charge in [0.05, 0.1) is 11.6 Å². The summed E-state index contributed by atoms with van der Waals surface area (Å²) >= 11 is 0. The summed E-state index contributed by atoms with van der Waals surface area (Å²) in [4.78, 5) is 0. The van der Waals surface area contributed by atoms with Crippen molar-refractivity contribution in [1.29, 1.82) is 0 Å². The maximum atomic E-state index is 4.71. The van der Waals surface area contributed by atoms with Crippen molar-refractivity contribution in [3.63, 3.8) is 0 Å². The molecule has 23 heavy (non-hydrogen) atoms. The highest BCUT2D eigenvalue weighted by Crippen LogP contribution is 2.34. The van der Waals surface area contributed by atoms with Crippen LogP contribution in [0.5, 0.6) is 0 Å². The van der Waals surface area contributed by atoms with Crippen LogP contribution < -0.4 is 5.32 Å². The summed E-state index contributed by atoms with van der Waals surface area (Å²) in [5.41, 5.74) is 7.64. The van der Waals surface area contributed by atoms with Gasteiger partial charge in [0.15, 0.2) is 0 Å². The molecular weight excluding hydrogens is 282 g/mol. The zero-order valence-corrected chi connectivity index (χ0v) is 13.3. The highest BCUT2D eigenvalue weighted by Gasteiger charge is 2.25. The van der Waals surface area contributed by atoms with Gasteiger partial charge in [-0.1, -0.05) is 60.2 Å². The topological polar surface area (TPSA) is 40.7 Å². The Morgan fingerprint density at radius 1 is 0.957 bits per heavy atom. The first kappa shape index (κ1) is 14.2. The van der Waals surface area contributed by atoms with Crippen LogP contribution in [0.25, 0.3) is 0 Å². The first-order valence-electron chi connectivity index (χ1n) is 8.21. The number of aromatic amines is 1. The highest BCUT2D eigenvalue weighted by molar-refractivity contribution is 5.45. The van der Waals surface area contributed by atoms with Crippen LogP contribution in [0.2, 0.25) is 0 Å². The first-order valence-corrected chi connectivity index (χ1v) is 8.21. The van der Waals surface area contributed by atoms with Gasteiger partial charge in [0.25, 0.3) is 0 Å². The molecule has 4 rings (SSSR count). The van der Waals surface area contributed by atoms with E-state index in [1.54, 1.807) is 0 Å². The fraction of sp³-hybridized carbons (Fsp3) is 0.250. The third-order valence-corrected chi connectivity index (χ3v) is 4.66. The molecule has 1 unspecified atom stereocenters. The summed E-state index contributed by atoms with van der Waals surface area (Å²) in [5.74, 6) is 0.177. The van der Waals surface area contributed by atoms with Gasteiger partial charge in [0, 0.05) is 30.8 Å². The predicted molar refractivity (Wildman–Crippen MR) is 92.6 cm³/mol. The molecule has 0 spiro atoms. The lowest BCUT2D eigenvalue weighted by Gasteiger charge is -2.20. The number of hydrogen-bond acceptors (Lipinski definition) is 2. The summed E-state index contributed by atoms with van der Waals surface area (Å²) < 4.78 is 0. The molecule has 1 atom stereocenters. The van der Waals surface area contributed by atoms with E-state index in [2.05, 4.69) is 71.9 Å². The summed E-state index contributed by atoms with van der Waals surface area (Å²) in [6, 6.07) is 19.5. The molecule has 3 aromatic rings. The SMILES string of the molecule is Cc1ccc(C(c2ccccc2)c2n[nH]c3c2CNCC3)cc1. The molecule has 2 aromatic carbocycles. The maximum Gasteiger partial charge on any atom is 0.0788 e. The van der Waals surface area contributed by atoms with Crippen LogP contribution in [0.15, 0.2) is 54.6 Å². The molecule has 0 saturated carbocycles. The Balaban J connectivity index is 1.86. The van der Waals surface area contributed by atoms with Gasteiger partial charge in [0.2, 0.25) is 0 Å². The molecule has 0 amide bonds.